The van der Waals surface area contributed by atoms with Crippen LogP contribution in [0.25, 0.3) is 0 Å². The third kappa shape index (κ3) is 2.98. The van der Waals surface area contributed by atoms with Gasteiger partial charge in [-0.1, -0.05) is 36.4 Å². The first kappa shape index (κ1) is 12.4. The van der Waals surface area contributed by atoms with Gasteiger partial charge in [-0.05, 0) is 31.5 Å². The molecular formula is C16H16O2. The number of Topliss-reactive ketones (excluding diaryl/α,β-unsaturated/α-hetero) is 1. The molecule has 0 aliphatic rings. The molecule has 0 saturated heterocycles. The number of carbonyl (C=O) groups excluding carboxylic acids is 1. The van der Waals surface area contributed by atoms with Crippen LogP contribution in [-0.2, 0) is 6.61 Å². The number of ketones is 1. The molecule has 0 N–H and O–H groups in total. The molecule has 0 aliphatic heterocycles. The highest BCUT2D eigenvalue weighted by Gasteiger charge is 2.06. The van der Waals surface area contributed by atoms with Crippen molar-refractivity contribution >= 4 is 5.78 Å². The summed E-state index contributed by atoms with van der Waals surface area (Å²) in [7, 11) is 0. The van der Waals surface area contributed by atoms with Crippen LogP contribution in [0.2, 0.25) is 0 Å². The Morgan fingerprint density at radius 2 is 1.89 bits per heavy atom. The van der Waals surface area contributed by atoms with Gasteiger partial charge in [0.15, 0.2) is 5.78 Å². The summed E-state index contributed by atoms with van der Waals surface area (Å²) in [6.45, 7) is 4.01. The summed E-state index contributed by atoms with van der Waals surface area (Å²) in [5, 5.41) is 0. The van der Waals surface area contributed by atoms with E-state index in [1.54, 1.807) is 6.92 Å². The Bertz CT molecular complexity index is 559. The van der Waals surface area contributed by atoms with Crippen LogP contribution in [-0.4, -0.2) is 5.78 Å². The molecule has 0 aromatic heterocycles. The molecule has 2 nitrogen and oxygen atoms in total. The summed E-state index contributed by atoms with van der Waals surface area (Å²) in [4.78, 5) is 11.5. The lowest BCUT2D eigenvalue weighted by atomic mass is 10.1. The first-order valence-electron chi connectivity index (χ1n) is 5.95. The van der Waals surface area contributed by atoms with Crippen LogP contribution in [0.3, 0.4) is 0 Å². The van der Waals surface area contributed by atoms with Crippen LogP contribution in [0.1, 0.15) is 28.4 Å². The molecule has 0 radical (unpaired) electrons. The standard InChI is InChI=1S/C16H16O2/c1-12-6-5-8-15(10-12)18-11-14-7-3-4-9-16(14)13(2)17/h3-10H,11H2,1-2H3. The second-order valence-electron chi connectivity index (χ2n) is 4.32. The Hall–Kier alpha value is -2.09. The van der Waals surface area contributed by atoms with E-state index in [0.29, 0.717) is 6.61 Å². The van der Waals surface area contributed by atoms with Crippen molar-refractivity contribution in [2.45, 2.75) is 20.5 Å². The second-order valence-corrected chi connectivity index (χ2v) is 4.32. The first-order valence-corrected chi connectivity index (χ1v) is 5.95. The Morgan fingerprint density at radius 1 is 1.11 bits per heavy atom. The number of hydrogen-bond acceptors (Lipinski definition) is 2. The Labute approximate surface area is 107 Å². The third-order valence-corrected chi connectivity index (χ3v) is 2.78. The minimum Gasteiger partial charge on any atom is -0.489 e. The van der Waals surface area contributed by atoms with Crippen LogP contribution in [0.15, 0.2) is 48.5 Å². The van der Waals surface area contributed by atoms with Crippen LogP contribution in [0.5, 0.6) is 5.75 Å². The summed E-state index contributed by atoms with van der Waals surface area (Å²) in [6.07, 6.45) is 0. The maximum absolute atomic E-state index is 11.5. The average molecular weight is 240 g/mol. The fourth-order valence-electron chi connectivity index (χ4n) is 1.86. The molecule has 0 bridgehead atoms. The molecule has 2 aromatic rings. The Kier molecular flexibility index (Phi) is 3.78. The third-order valence-electron chi connectivity index (χ3n) is 2.78. The van der Waals surface area contributed by atoms with Crippen molar-refractivity contribution in [3.8, 4) is 5.75 Å². The monoisotopic (exact) mass is 240 g/mol. The van der Waals surface area contributed by atoms with E-state index < -0.39 is 0 Å². The lowest BCUT2D eigenvalue weighted by molar-refractivity contribution is 0.101. The number of benzene rings is 2. The second kappa shape index (κ2) is 5.50. The van der Waals surface area contributed by atoms with E-state index in [0.717, 1.165) is 22.4 Å². The van der Waals surface area contributed by atoms with E-state index in [-0.39, 0.29) is 5.78 Å². The Morgan fingerprint density at radius 3 is 2.61 bits per heavy atom. The normalized spacial score (nSPS) is 10.1. The van der Waals surface area contributed by atoms with Crippen molar-refractivity contribution in [1.29, 1.82) is 0 Å². The molecule has 0 atom stereocenters. The van der Waals surface area contributed by atoms with Gasteiger partial charge in [-0.25, -0.2) is 0 Å². The summed E-state index contributed by atoms with van der Waals surface area (Å²) in [6, 6.07) is 15.4. The van der Waals surface area contributed by atoms with Gasteiger partial charge in [-0.2, -0.15) is 0 Å². The van der Waals surface area contributed by atoms with Gasteiger partial charge >= 0.3 is 0 Å². The minimum atomic E-state index is 0.0680. The van der Waals surface area contributed by atoms with Gasteiger partial charge in [0.1, 0.15) is 12.4 Å². The van der Waals surface area contributed by atoms with Gasteiger partial charge in [0, 0.05) is 11.1 Å². The van der Waals surface area contributed by atoms with Crippen molar-refractivity contribution in [3.05, 3.63) is 65.2 Å². The smallest absolute Gasteiger partial charge is 0.160 e. The zero-order chi connectivity index (χ0) is 13.0. The predicted molar refractivity (Wildman–Crippen MR) is 72.0 cm³/mol. The quantitative estimate of drug-likeness (QED) is 0.760. The first-order chi connectivity index (χ1) is 8.66. The highest BCUT2D eigenvalue weighted by Crippen LogP contribution is 2.16. The predicted octanol–water partition coefficient (Wildman–Crippen LogP) is 3.78. The SMILES string of the molecule is CC(=O)c1ccccc1COc1cccc(C)c1. The summed E-state index contributed by atoms with van der Waals surface area (Å²) in [5.74, 6) is 0.895. The summed E-state index contributed by atoms with van der Waals surface area (Å²) < 4.78 is 5.71. The highest BCUT2D eigenvalue weighted by molar-refractivity contribution is 5.95. The van der Waals surface area contributed by atoms with Crippen LogP contribution < -0.4 is 4.74 Å². The number of aryl methyl sites for hydroxylation is 1. The van der Waals surface area contributed by atoms with E-state index in [2.05, 4.69) is 0 Å². The lowest BCUT2D eigenvalue weighted by Crippen LogP contribution is -2.03. The number of hydrogen-bond donors (Lipinski definition) is 0. The molecule has 0 saturated carbocycles. The molecule has 18 heavy (non-hydrogen) atoms. The molecule has 2 heteroatoms. The number of carbonyl (C=O) groups is 1. The molecule has 92 valence electrons. The molecule has 0 spiro atoms. The molecule has 0 heterocycles. The average Bonchev–Trinajstić information content (AvgIpc) is 2.37. The molecule has 0 aliphatic carbocycles. The number of rotatable bonds is 4. The van der Waals surface area contributed by atoms with Gasteiger partial charge in [-0.3, -0.25) is 4.79 Å². The van der Waals surface area contributed by atoms with Crippen LogP contribution in [0, 0.1) is 6.92 Å². The minimum absolute atomic E-state index is 0.0680. The molecule has 2 aromatic carbocycles. The molecule has 0 unspecified atom stereocenters. The van der Waals surface area contributed by atoms with Gasteiger partial charge in [-0.15, -0.1) is 0 Å². The maximum Gasteiger partial charge on any atom is 0.160 e. The van der Waals surface area contributed by atoms with Crippen molar-refractivity contribution in [2.75, 3.05) is 0 Å². The van der Waals surface area contributed by atoms with E-state index in [1.165, 1.54) is 0 Å². The summed E-state index contributed by atoms with van der Waals surface area (Å²) >= 11 is 0. The largest absolute Gasteiger partial charge is 0.489 e. The van der Waals surface area contributed by atoms with Gasteiger partial charge in [0.25, 0.3) is 0 Å². The van der Waals surface area contributed by atoms with Crippen LogP contribution >= 0.6 is 0 Å². The van der Waals surface area contributed by atoms with E-state index >= 15 is 0 Å². The van der Waals surface area contributed by atoms with Crippen molar-refractivity contribution in [3.63, 3.8) is 0 Å². The fourth-order valence-corrected chi connectivity index (χ4v) is 1.86. The Balaban J connectivity index is 2.13. The topological polar surface area (TPSA) is 26.3 Å². The molecule has 0 amide bonds. The molecule has 2 rings (SSSR count). The highest BCUT2D eigenvalue weighted by atomic mass is 16.5. The number of ether oxygens (including phenoxy) is 1. The van der Waals surface area contributed by atoms with Crippen molar-refractivity contribution in [1.82, 2.24) is 0 Å². The zero-order valence-electron chi connectivity index (χ0n) is 10.6. The summed E-state index contributed by atoms with van der Waals surface area (Å²) in [5.41, 5.74) is 2.81. The van der Waals surface area contributed by atoms with Crippen molar-refractivity contribution < 1.29 is 9.53 Å². The molecule has 0 fully saturated rings. The van der Waals surface area contributed by atoms with E-state index in [4.69, 9.17) is 4.74 Å². The lowest BCUT2D eigenvalue weighted by Gasteiger charge is -2.09. The van der Waals surface area contributed by atoms with E-state index in [1.807, 2.05) is 55.5 Å². The van der Waals surface area contributed by atoms with Gasteiger partial charge in [0.2, 0.25) is 0 Å². The molecular weight excluding hydrogens is 224 g/mol. The van der Waals surface area contributed by atoms with Gasteiger partial charge in [0.05, 0.1) is 0 Å². The fraction of sp³-hybridized carbons (Fsp3) is 0.188. The maximum atomic E-state index is 11.5. The van der Waals surface area contributed by atoms with Gasteiger partial charge < -0.3 is 4.74 Å². The zero-order valence-corrected chi connectivity index (χ0v) is 10.6. The van der Waals surface area contributed by atoms with Crippen LogP contribution in [0.4, 0.5) is 0 Å². The van der Waals surface area contributed by atoms with E-state index in [9.17, 15) is 4.79 Å². The van der Waals surface area contributed by atoms with Crippen molar-refractivity contribution in [2.24, 2.45) is 0 Å².